The van der Waals surface area contributed by atoms with Crippen LogP contribution in [0, 0.1) is 17.6 Å². The fraction of sp³-hybridized carbons (Fsp3) is 0.379. The highest BCUT2D eigenvalue weighted by Crippen LogP contribution is 2.37. The van der Waals surface area contributed by atoms with Gasteiger partial charge in [-0.1, -0.05) is 13.0 Å². The molecule has 3 aromatic rings. The van der Waals surface area contributed by atoms with Crippen LogP contribution in [0.3, 0.4) is 0 Å². The van der Waals surface area contributed by atoms with E-state index in [4.69, 9.17) is 10.7 Å². The third kappa shape index (κ3) is 5.74. The van der Waals surface area contributed by atoms with Gasteiger partial charge < -0.3 is 20.9 Å². The quantitative estimate of drug-likeness (QED) is 0.359. The van der Waals surface area contributed by atoms with Gasteiger partial charge in [0.1, 0.15) is 11.4 Å². The smallest absolute Gasteiger partial charge is 0.276 e. The predicted octanol–water partition coefficient (Wildman–Crippen LogP) is 3.70. The highest BCUT2D eigenvalue weighted by atomic mass is 19.1. The molecule has 2 saturated heterocycles. The largest absolute Gasteiger partial charge is 0.398 e. The van der Waals surface area contributed by atoms with E-state index in [0.717, 1.165) is 74.9 Å². The lowest BCUT2D eigenvalue weighted by Gasteiger charge is -2.27. The highest BCUT2D eigenvalue weighted by molar-refractivity contribution is 6.08. The van der Waals surface area contributed by atoms with Gasteiger partial charge in [0.2, 0.25) is 0 Å². The van der Waals surface area contributed by atoms with Crippen LogP contribution in [-0.2, 0) is 0 Å². The van der Waals surface area contributed by atoms with E-state index in [1.807, 2.05) is 6.21 Å². The van der Waals surface area contributed by atoms with Crippen LogP contribution in [-0.4, -0.2) is 66.1 Å². The number of piperidine rings is 1. The standard InChI is InChI=1S/C29H33F2N7O2/c1-18-10-15-37(17-18)27-20(16-33-19-11-13-36(2)14-12-19)23(32)6-7-24(27)34-29(40)25-8-9-26(39)38(35-25)28-21(30)4-3-5-22(28)31/h3-9,16,18-19H,10-15,17,32H2,1-2H3,(H,34,40)/t18-/m0/s1. The van der Waals surface area contributed by atoms with Gasteiger partial charge in [0.25, 0.3) is 11.5 Å². The number of nitrogens with one attached hydrogen (secondary N) is 1. The molecule has 2 aliphatic heterocycles. The van der Waals surface area contributed by atoms with Gasteiger partial charge in [0.05, 0.1) is 17.4 Å². The van der Waals surface area contributed by atoms with Crippen molar-refractivity contribution in [2.24, 2.45) is 10.9 Å². The molecule has 1 atom stereocenters. The number of amides is 1. The van der Waals surface area contributed by atoms with Crippen LogP contribution < -0.4 is 21.5 Å². The number of nitrogens with zero attached hydrogens (tertiary/aromatic N) is 5. The summed E-state index contributed by atoms with van der Waals surface area (Å²) < 4.78 is 29.3. The maximum atomic E-state index is 14.4. The van der Waals surface area contributed by atoms with Crippen LogP contribution in [0.5, 0.6) is 0 Å². The summed E-state index contributed by atoms with van der Waals surface area (Å²) in [7, 11) is 2.10. The van der Waals surface area contributed by atoms with E-state index in [-0.39, 0.29) is 11.7 Å². The number of nitrogen functional groups attached to an aromatic ring is 1. The third-order valence-corrected chi connectivity index (χ3v) is 7.52. The Morgan fingerprint density at radius 3 is 2.45 bits per heavy atom. The third-order valence-electron chi connectivity index (χ3n) is 7.52. The lowest BCUT2D eigenvalue weighted by molar-refractivity contribution is 0.102. The predicted molar refractivity (Wildman–Crippen MR) is 153 cm³/mol. The number of para-hydroxylation sites is 1. The first-order chi connectivity index (χ1) is 19.2. The number of carbonyl (C=O) groups is 1. The molecule has 2 aromatic carbocycles. The number of hydrogen-bond donors (Lipinski definition) is 2. The zero-order valence-electron chi connectivity index (χ0n) is 22.6. The minimum absolute atomic E-state index is 0.179. The fourth-order valence-electron chi connectivity index (χ4n) is 5.23. The van der Waals surface area contributed by atoms with Gasteiger partial charge in [-0.3, -0.25) is 14.6 Å². The second-order valence-electron chi connectivity index (χ2n) is 10.6. The van der Waals surface area contributed by atoms with E-state index in [9.17, 15) is 18.4 Å². The molecule has 11 heteroatoms. The van der Waals surface area contributed by atoms with Gasteiger partial charge in [0.15, 0.2) is 11.6 Å². The molecule has 0 saturated carbocycles. The van der Waals surface area contributed by atoms with Crippen molar-refractivity contribution in [3.63, 3.8) is 0 Å². The van der Waals surface area contributed by atoms with Crippen molar-refractivity contribution in [2.75, 3.05) is 49.2 Å². The van der Waals surface area contributed by atoms with Crippen molar-refractivity contribution >= 4 is 29.2 Å². The Balaban J connectivity index is 1.49. The van der Waals surface area contributed by atoms with Crippen LogP contribution in [0.25, 0.3) is 5.69 Å². The van der Waals surface area contributed by atoms with Crippen LogP contribution in [0.2, 0.25) is 0 Å². The SMILES string of the molecule is C[C@H]1CCN(c2c(NC(=O)c3ccc(=O)n(-c4c(F)cccc4F)n3)ccc(N)c2C=NC2CCN(C)CC2)C1. The maximum Gasteiger partial charge on any atom is 0.276 e. The molecule has 2 fully saturated rings. The molecule has 3 N–H and O–H groups in total. The maximum absolute atomic E-state index is 14.4. The summed E-state index contributed by atoms with van der Waals surface area (Å²) >= 11 is 0. The molecule has 1 amide bonds. The van der Waals surface area contributed by atoms with Gasteiger partial charge in [-0.2, -0.15) is 9.78 Å². The van der Waals surface area contributed by atoms with Gasteiger partial charge in [-0.15, -0.1) is 0 Å². The minimum atomic E-state index is -0.968. The van der Waals surface area contributed by atoms with Crippen molar-refractivity contribution < 1.29 is 13.6 Å². The van der Waals surface area contributed by atoms with E-state index >= 15 is 0 Å². The molecule has 0 bridgehead atoms. The summed E-state index contributed by atoms with van der Waals surface area (Å²) in [5.74, 6) is -2.11. The molecule has 0 spiro atoms. The number of nitrogens with two attached hydrogens (primary N) is 1. The number of benzene rings is 2. The molecule has 210 valence electrons. The summed E-state index contributed by atoms with van der Waals surface area (Å²) in [6.07, 6.45) is 4.74. The number of carbonyl (C=O) groups excluding carboxylic acids is 1. The Kier molecular flexibility index (Phi) is 7.92. The van der Waals surface area contributed by atoms with E-state index < -0.39 is 28.8 Å². The van der Waals surface area contributed by atoms with Gasteiger partial charge >= 0.3 is 0 Å². The normalized spacial score (nSPS) is 18.5. The van der Waals surface area contributed by atoms with Crippen molar-refractivity contribution in [1.82, 2.24) is 14.7 Å². The molecule has 40 heavy (non-hydrogen) atoms. The Morgan fingerprint density at radius 2 is 1.77 bits per heavy atom. The van der Waals surface area contributed by atoms with Crippen molar-refractivity contribution in [2.45, 2.75) is 32.2 Å². The van der Waals surface area contributed by atoms with Crippen molar-refractivity contribution in [1.29, 1.82) is 0 Å². The lowest BCUT2D eigenvalue weighted by atomic mass is 10.1. The Hall–Kier alpha value is -4.12. The molecule has 2 aliphatic rings. The molecule has 9 nitrogen and oxygen atoms in total. The number of halogens is 2. The molecule has 1 aromatic heterocycles. The molecule has 5 rings (SSSR count). The van der Waals surface area contributed by atoms with E-state index in [0.29, 0.717) is 22.0 Å². The summed E-state index contributed by atoms with van der Waals surface area (Å²) in [5.41, 5.74) is 7.40. The monoisotopic (exact) mass is 549 g/mol. The first kappa shape index (κ1) is 27.4. The molecule has 0 unspecified atom stereocenters. The van der Waals surface area contributed by atoms with Crippen molar-refractivity contribution in [3.05, 3.63) is 75.7 Å². The molecular formula is C29H33F2N7O2. The molecule has 0 aliphatic carbocycles. The number of rotatable bonds is 6. The van der Waals surface area contributed by atoms with Gasteiger partial charge in [-0.05, 0) is 75.6 Å². The zero-order valence-corrected chi connectivity index (χ0v) is 22.6. The summed E-state index contributed by atoms with van der Waals surface area (Å²) in [6, 6.07) is 9.15. The number of anilines is 3. The number of hydrogen-bond acceptors (Lipinski definition) is 7. The minimum Gasteiger partial charge on any atom is -0.398 e. The van der Waals surface area contributed by atoms with E-state index in [1.165, 1.54) is 12.1 Å². The topological polar surface area (TPSA) is 109 Å². The summed E-state index contributed by atoms with van der Waals surface area (Å²) in [6.45, 7) is 5.72. The average molecular weight is 550 g/mol. The second-order valence-corrected chi connectivity index (χ2v) is 10.6. The van der Waals surface area contributed by atoms with E-state index in [1.54, 1.807) is 12.1 Å². The van der Waals surface area contributed by atoms with Gasteiger partial charge in [0, 0.05) is 36.6 Å². The molecule has 0 radical (unpaired) electrons. The summed E-state index contributed by atoms with van der Waals surface area (Å²) in [5, 5.41) is 6.87. The second kappa shape index (κ2) is 11.5. The van der Waals surface area contributed by atoms with E-state index in [2.05, 4.69) is 34.2 Å². The lowest BCUT2D eigenvalue weighted by Crippen LogP contribution is -2.32. The average Bonchev–Trinajstić information content (AvgIpc) is 3.36. The highest BCUT2D eigenvalue weighted by Gasteiger charge is 2.26. The first-order valence-corrected chi connectivity index (χ1v) is 13.5. The first-order valence-electron chi connectivity index (χ1n) is 13.5. The van der Waals surface area contributed by atoms with Crippen LogP contribution in [0.15, 0.2) is 52.3 Å². The Morgan fingerprint density at radius 1 is 1.05 bits per heavy atom. The van der Waals surface area contributed by atoms with Crippen LogP contribution >= 0.6 is 0 Å². The fourth-order valence-corrected chi connectivity index (χ4v) is 5.23. The molecule has 3 heterocycles. The Labute approximate surface area is 231 Å². The number of likely N-dealkylation sites (tertiary alicyclic amines) is 1. The molecular weight excluding hydrogens is 516 g/mol. The Bertz CT molecular complexity index is 1480. The van der Waals surface area contributed by atoms with Gasteiger partial charge in [-0.25, -0.2) is 8.78 Å². The number of aliphatic imine (C=N–C) groups is 1. The van der Waals surface area contributed by atoms with Crippen LogP contribution in [0.4, 0.5) is 25.8 Å². The van der Waals surface area contributed by atoms with Crippen LogP contribution in [0.1, 0.15) is 42.2 Å². The number of aromatic nitrogens is 2. The zero-order chi connectivity index (χ0) is 28.4. The van der Waals surface area contributed by atoms with Crippen molar-refractivity contribution in [3.8, 4) is 5.69 Å². The summed E-state index contributed by atoms with van der Waals surface area (Å²) in [4.78, 5) is 35.1.